The first kappa shape index (κ1) is 41.1. The molecule has 0 radical (unpaired) electrons. The molecule has 42 heavy (non-hydrogen) atoms. The minimum atomic E-state index is -0.922. The molecule has 4 N–H and O–H groups in total. The Morgan fingerprint density at radius 3 is 1.38 bits per heavy atom. The van der Waals surface area contributed by atoms with Gasteiger partial charge in [-0.05, 0) is 19.3 Å². The van der Waals surface area contributed by atoms with Crippen molar-refractivity contribution in [2.24, 2.45) is 0 Å². The van der Waals surface area contributed by atoms with Crippen LogP contribution in [0, 0.1) is 0 Å². The van der Waals surface area contributed by atoms with Crippen LogP contribution in [0.2, 0.25) is 0 Å². The second-order valence-corrected chi connectivity index (χ2v) is 12.8. The summed E-state index contributed by atoms with van der Waals surface area (Å²) in [6, 6.07) is -0.737. The number of carbonyl (C=O) groups excluding carboxylic acids is 1. The molecule has 0 fully saturated rings. The molecule has 250 valence electrons. The van der Waals surface area contributed by atoms with Gasteiger partial charge in [0.05, 0.1) is 31.3 Å². The molecule has 0 aliphatic carbocycles. The maximum Gasteiger partial charge on any atom is 0.222 e. The summed E-state index contributed by atoms with van der Waals surface area (Å²) in [7, 11) is 0. The quantitative estimate of drug-likeness (QED) is 0.0449. The first-order valence-corrected chi connectivity index (χ1v) is 18.5. The number of nitrogens with one attached hydrogen (secondary N) is 1. The third kappa shape index (κ3) is 29.2. The molecule has 0 spiro atoms. The van der Waals surface area contributed by atoms with Crippen molar-refractivity contribution < 1.29 is 20.1 Å². The molecule has 0 bridgehead atoms. The van der Waals surface area contributed by atoms with Gasteiger partial charge in [0.2, 0.25) is 5.91 Å². The Balaban J connectivity index is 3.72. The van der Waals surface area contributed by atoms with Gasteiger partial charge in [-0.2, -0.15) is 0 Å². The molecule has 0 unspecified atom stereocenters. The molecular formula is C37H73NO4. The predicted molar refractivity (Wildman–Crippen MR) is 181 cm³/mol. The normalized spacial score (nSPS) is 13.9. The summed E-state index contributed by atoms with van der Waals surface area (Å²) in [5, 5.41) is 33.0. The first-order chi connectivity index (χ1) is 20.5. The molecule has 0 rings (SSSR count). The van der Waals surface area contributed by atoms with Crippen molar-refractivity contribution in [3.8, 4) is 0 Å². The van der Waals surface area contributed by atoms with Crippen LogP contribution >= 0.6 is 0 Å². The van der Waals surface area contributed by atoms with Crippen molar-refractivity contribution in [1.82, 2.24) is 5.32 Å². The largest absolute Gasteiger partial charge is 0.394 e. The number of hydrogen-bond acceptors (Lipinski definition) is 4. The van der Waals surface area contributed by atoms with Crippen molar-refractivity contribution in [2.75, 3.05) is 6.61 Å². The third-order valence-electron chi connectivity index (χ3n) is 8.57. The number of hydrogen-bond donors (Lipinski definition) is 4. The lowest BCUT2D eigenvalue weighted by Crippen LogP contribution is -2.45. The van der Waals surface area contributed by atoms with E-state index in [0.29, 0.717) is 6.42 Å². The summed E-state index contributed by atoms with van der Waals surface area (Å²) in [5.41, 5.74) is 0. The van der Waals surface area contributed by atoms with Crippen LogP contribution in [0.1, 0.15) is 194 Å². The van der Waals surface area contributed by atoms with Crippen LogP contribution in [0.15, 0.2) is 12.2 Å². The summed E-state index contributed by atoms with van der Waals surface area (Å²) in [6.45, 7) is 4.20. The Labute approximate surface area is 261 Å². The molecule has 5 nitrogen and oxygen atoms in total. The standard InChI is InChI=1S/C37H73NO4/c1-3-5-7-9-11-13-15-17-19-20-22-24-26-28-30-34(40)32-37(42)38-35(33-39)36(41)31-29-27-25-23-21-18-16-14-12-10-8-6-4-2/h29,31,34-36,39-41H,3-28,30,32-33H2,1-2H3,(H,38,42)/b31-29+/t34-,35+,36-/m1/s1. The summed E-state index contributed by atoms with van der Waals surface area (Å²) in [5.74, 6) is -0.315. The summed E-state index contributed by atoms with van der Waals surface area (Å²) < 4.78 is 0. The molecule has 1 amide bonds. The van der Waals surface area contributed by atoms with Gasteiger partial charge < -0.3 is 20.6 Å². The van der Waals surface area contributed by atoms with Gasteiger partial charge in [-0.3, -0.25) is 4.79 Å². The van der Waals surface area contributed by atoms with Crippen molar-refractivity contribution in [1.29, 1.82) is 0 Å². The van der Waals surface area contributed by atoms with Crippen molar-refractivity contribution in [2.45, 2.75) is 212 Å². The van der Waals surface area contributed by atoms with Gasteiger partial charge in [-0.1, -0.05) is 180 Å². The van der Waals surface area contributed by atoms with E-state index in [-0.39, 0.29) is 18.9 Å². The fraction of sp³-hybridized carbons (Fsp3) is 0.919. The molecule has 0 heterocycles. The average Bonchev–Trinajstić information content (AvgIpc) is 2.98. The van der Waals surface area contributed by atoms with E-state index in [1.807, 2.05) is 6.08 Å². The van der Waals surface area contributed by atoms with Gasteiger partial charge in [0.25, 0.3) is 0 Å². The lowest BCUT2D eigenvalue weighted by molar-refractivity contribution is -0.124. The second-order valence-electron chi connectivity index (χ2n) is 12.8. The maximum absolute atomic E-state index is 12.3. The van der Waals surface area contributed by atoms with Crippen molar-refractivity contribution in [3.05, 3.63) is 12.2 Å². The predicted octanol–water partition coefficient (Wildman–Crippen LogP) is 9.70. The highest BCUT2D eigenvalue weighted by Gasteiger charge is 2.20. The zero-order chi connectivity index (χ0) is 30.9. The van der Waals surface area contributed by atoms with Crippen molar-refractivity contribution in [3.63, 3.8) is 0 Å². The molecule has 0 aliphatic rings. The lowest BCUT2D eigenvalue weighted by atomic mass is 10.0. The minimum Gasteiger partial charge on any atom is -0.394 e. The van der Waals surface area contributed by atoms with Crippen LogP contribution in [0.5, 0.6) is 0 Å². The SMILES string of the molecule is CCCCCCCCCCCCC/C=C/[C@@H](O)[C@H](CO)NC(=O)C[C@H](O)CCCCCCCCCCCCCCCC. The van der Waals surface area contributed by atoms with Crippen molar-refractivity contribution >= 4 is 5.91 Å². The number of allylic oxidation sites excluding steroid dienone is 1. The molecule has 0 saturated carbocycles. The average molecular weight is 596 g/mol. The van der Waals surface area contributed by atoms with Gasteiger partial charge in [0, 0.05) is 0 Å². The summed E-state index contributed by atoms with van der Waals surface area (Å²) in [4.78, 5) is 12.3. The van der Waals surface area contributed by atoms with Gasteiger partial charge >= 0.3 is 0 Å². The topological polar surface area (TPSA) is 89.8 Å². The molecule has 3 atom stereocenters. The van der Waals surface area contributed by atoms with E-state index in [1.54, 1.807) is 6.08 Å². The molecular weight excluding hydrogens is 522 g/mol. The highest BCUT2D eigenvalue weighted by atomic mass is 16.3. The van der Waals surface area contributed by atoms with E-state index < -0.39 is 18.2 Å². The molecule has 0 aromatic rings. The third-order valence-corrected chi connectivity index (χ3v) is 8.57. The van der Waals surface area contributed by atoms with E-state index in [1.165, 1.54) is 141 Å². The van der Waals surface area contributed by atoms with E-state index in [4.69, 9.17) is 0 Å². The van der Waals surface area contributed by atoms with Crippen LogP contribution in [0.25, 0.3) is 0 Å². The van der Waals surface area contributed by atoms with Crippen LogP contribution in [-0.4, -0.2) is 46.1 Å². The number of aliphatic hydroxyl groups excluding tert-OH is 3. The Morgan fingerprint density at radius 1 is 0.595 bits per heavy atom. The Kier molecular flexibility index (Phi) is 32.3. The molecule has 5 heteroatoms. The molecule has 0 aromatic heterocycles. The van der Waals surface area contributed by atoms with Crippen LogP contribution < -0.4 is 5.32 Å². The maximum atomic E-state index is 12.3. The number of unbranched alkanes of at least 4 members (excludes halogenated alkanes) is 24. The Bertz CT molecular complexity index is 582. The zero-order valence-electron chi connectivity index (χ0n) is 28.1. The number of aliphatic hydroxyl groups is 3. The Hall–Kier alpha value is -0.910. The van der Waals surface area contributed by atoms with Gasteiger partial charge in [0.15, 0.2) is 0 Å². The first-order valence-electron chi connectivity index (χ1n) is 18.5. The summed E-state index contributed by atoms with van der Waals surface area (Å²) >= 11 is 0. The van der Waals surface area contributed by atoms with Gasteiger partial charge in [0.1, 0.15) is 0 Å². The Morgan fingerprint density at radius 2 is 0.976 bits per heavy atom. The van der Waals surface area contributed by atoms with E-state index in [9.17, 15) is 20.1 Å². The van der Waals surface area contributed by atoms with Crippen LogP contribution in [0.4, 0.5) is 0 Å². The number of rotatable bonds is 33. The monoisotopic (exact) mass is 596 g/mol. The fourth-order valence-electron chi connectivity index (χ4n) is 5.69. The second kappa shape index (κ2) is 33.0. The van der Waals surface area contributed by atoms with Crippen LogP contribution in [-0.2, 0) is 4.79 Å². The van der Waals surface area contributed by atoms with Gasteiger partial charge in [-0.15, -0.1) is 0 Å². The molecule has 0 aromatic carbocycles. The highest BCUT2D eigenvalue weighted by Crippen LogP contribution is 2.15. The number of amides is 1. The van der Waals surface area contributed by atoms with Gasteiger partial charge in [-0.25, -0.2) is 0 Å². The molecule has 0 aliphatic heterocycles. The van der Waals surface area contributed by atoms with E-state index >= 15 is 0 Å². The fourth-order valence-corrected chi connectivity index (χ4v) is 5.69. The van der Waals surface area contributed by atoms with Crippen LogP contribution in [0.3, 0.4) is 0 Å². The smallest absolute Gasteiger partial charge is 0.222 e. The highest BCUT2D eigenvalue weighted by molar-refractivity contribution is 5.76. The molecule has 0 saturated heterocycles. The van der Waals surface area contributed by atoms with E-state index in [0.717, 1.165) is 25.7 Å². The minimum absolute atomic E-state index is 0.0180. The lowest BCUT2D eigenvalue weighted by Gasteiger charge is -2.21. The summed E-state index contributed by atoms with van der Waals surface area (Å²) in [6.07, 6.45) is 36.2. The number of carbonyl (C=O) groups is 1. The zero-order valence-corrected chi connectivity index (χ0v) is 28.1. The van der Waals surface area contributed by atoms with E-state index in [2.05, 4.69) is 19.2 Å².